The van der Waals surface area contributed by atoms with E-state index in [-0.39, 0.29) is 29.9 Å². The van der Waals surface area contributed by atoms with Gasteiger partial charge in [-0.3, -0.25) is 9.79 Å². The first-order chi connectivity index (χ1) is 11.9. The molecule has 7 heteroatoms. The number of nitrogens with zero attached hydrogens (tertiary/aromatic N) is 2. The Morgan fingerprint density at radius 2 is 1.85 bits per heavy atom. The van der Waals surface area contributed by atoms with Crippen LogP contribution in [0.3, 0.4) is 0 Å². The van der Waals surface area contributed by atoms with Crippen molar-refractivity contribution in [3.05, 3.63) is 0 Å². The lowest BCUT2D eigenvalue weighted by molar-refractivity contribution is -0.128. The van der Waals surface area contributed by atoms with Crippen molar-refractivity contribution in [3.8, 4) is 0 Å². The molecular weight excluding hydrogens is 441 g/mol. The van der Waals surface area contributed by atoms with Gasteiger partial charge in [0.25, 0.3) is 0 Å². The van der Waals surface area contributed by atoms with Gasteiger partial charge in [-0.2, -0.15) is 0 Å². The minimum Gasteiger partial charge on any atom is -0.357 e. The number of hydrogen-bond donors (Lipinski definition) is 3. The van der Waals surface area contributed by atoms with Gasteiger partial charge in [0.15, 0.2) is 5.96 Å². The maximum absolute atomic E-state index is 12.1. The summed E-state index contributed by atoms with van der Waals surface area (Å²) in [6, 6.07) is 0.716. The van der Waals surface area contributed by atoms with Gasteiger partial charge in [0.05, 0.1) is 12.0 Å². The Labute approximate surface area is 177 Å². The van der Waals surface area contributed by atoms with E-state index in [9.17, 15) is 4.79 Å². The van der Waals surface area contributed by atoms with Crippen LogP contribution in [0.25, 0.3) is 0 Å². The van der Waals surface area contributed by atoms with E-state index in [0.717, 1.165) is 32.0 Å². The zero-order valence-electron chi connectivity index (χ0n) is 17.4. The van der Waals surface area contributed by atoms with Gasteiger partial charge in [0, 0.05) is 32.2 Å². The van der Waals surface area contributed by atoms with Gasteiger partial charge in [-0.25, -0.2) is 0 Å². The van der Waals surface area contributed by atoms with Crippen LogP contribution in [0.15, 0.2) is 4.99 Å². The Bertz CT molecular complexity index is 428. The first-order valence-electron chi connectivity index (χ1n) is 9.95. The first-order valence-corrected chi connectivity index (χ1v) is 9.95. The molecular formula is C19H40IN5O. The number of rotatable bonds is 9. The quantitative estimate of drug-likeness (QED) is 0.205. The first kappa shape index (κ1) is 25.4. The molecule has 0 radical (unpaired) electrons. The highest BCUT2D eigenvalue weighted by Crippen LogP contribution is 2.16. The average Bonchev–Trinajstić information content (AvgIpc) is 2.58. The van der Waals surface area contributed by atoms with E-state index < -0.39 is 5.41 Å². The molecule has 6 nitrogen and oxygen atoms in total. The fourth-order valence-electron chi connectivity index (χ4n) is 3.07. The molecule has 1 aliphatic heterocycles. The summed E-state index contributed by atoms with van der Waals surface area (Å²) in [4.78, 5) is 19.3. The van der Waals surface area contributed by atoms with Crippen LogP contribution < -0.4 is 16.0 Å². The standard InChI is InChI=1S/C19H39N5O.HI/c1-6-20-17(25)19(4,5)15-23-18(21-7-2)22-12-10-14-24-13-9-8-11-16(24)3;/h16H,6-15H2,1-5H3,(H,20,25)(H2,21,22,23);1H. The van der Waals surface area contributed by atoms with Crippen LogP contribution in [0.1, 0.15) is 60.3 Å². The zero-order chi connectivity index (χ0) is 18.7. The second-order valence-corrected chi connectivity index (χ2v) is 7.60. The Kier molecular flexibility index (Phi) is 13.3. The molecule has 0 aromatic heterocycles. The monoisotopic (exact) mass is 481 g/mol. The summed E-state index contributed by atoms with van der Waals surface area (Å²) in [5, 5.41) is 9.55. The van der Waals surface area contributed by atoms with Crippen molar-refractivity contribution < 1.29 is 4.79 Å². The number of likely N-dealkylation sites (tertiary alicyclic amines) is 1. The molecule has 1 unspecified atom stereocenters. The van der Waals surface area contributed by atoms with E-state index in [1.165, 1.54) is 25.8 Å². The van der Waals surface area contributed by atoms with Gasteiger partial charge in [-0.05, 0) is 60.4 Å². The maximum atomic E-state index is 12.1. The molecule has 1 amide bonds. The number of nitrogens with one attached hydrogen (secondary N) is 3. The second-order valence-electron chi connectivity index (χ2n) is 7.60. The summed E-state index contributed by atoms with van der Waals surface area (Å²) in [6.07, 6.45) is 5.13. The summed E-state index contributed by atoms with van der Waals surface area (Å²) in [5.74, 6) is 0.847. The summed E-state index contributed by atoms with van der Waals surface area (Å²) in [7, 11) is 0. The molecule has 1 saturated heterocycles. The van der Waals surface area contributed by atoms with Gasteiger partial charge in [-0.1, -0.05) is 6.42 Å². The van der Waals surface area contributed by atoms with E-state index in [1.54, 1.807) is 0 Å². The summed E-state index contributed by atoms with van der Waals surface area (Å²) in [5.41, 5.74) is -0.498. The largest absolute Gasteiger partial charge is 0.357 e. The minimum atomic E-state index is -0.498. The number of carbonyl (C=O) groups is 1. The van der Waals surface area contributed by atoms with E-state index in [0.29, 0.717) is 19.1 Å². The van der Waals surface area contributed by atoms with Crippen LogP contribution in [-0.2, 0) is 4.79 Å². The van der Waals surface area contributed by atoms with Crippen molar-refractivity contribution in [2.45, 2.75) is 66.3 Å². The third-order valence-electron chi connectivity index (χ3n) is 4.78. The summed E-state index contributed by atoms with van der Waals surface area (Å²) in [6.45, 7) is 15.4. The van der Waals surface area contributed by atoms with Gasteiger partial charge in [0.1, 0.15) is 0 Å². The smallest absolute Gasteiger partial charge is 0.227 e. The molecule has 0 aliphatic carbocycles. The van der Waals surface area contributed by atoms with Crippen molar-refractivity contribution in [3.63, 3.8) is 0 Å². The third-order valence-corrected chi connectivity index (χ3v) is 4.78. The van der Waals surface area contributed by atoms with Crippen LogP contribution in [0, 0.1) is 5.41 Å². The molecule has 0 bridgehead atoms. The molecule has 1 atom stereocenters. The molecule has 0 saturated carbocycles. The molecule has 1 heterocycles. The number of hydrogen-bond acceptors (Lipinski definition) is 3. The second kappa shape index (κ2) is 13.6. The molecule has 0 aromatic carbocycles. The Morgan fingerprint density at radius 1 is 1.15 bits per heavy atom. The van der Waals surface area contributed by atoms with Crippen LogP contribution in [-0.4, -0.2) is 62.1 Å². The number of piperidine rings is 1. The average molecular weight is 481 g/mol. The van der Waals surface area contributed by atoms with Crippen LogP contribution in [0.4, 0.5) is 0 Å². The summed E-state index contributed by atoms with van der Waals surface area (Å²) < 4.78 is 0. The van der Waals surface area contributed by atoms with Crippen molar-refractivity contribution in [1.29, 1.82) is 0 Å². The van der Waals surface area contributed by atoms with Gasteiger partial charge in [0.2, 0.25) is 5.91 Å². The molecule has 3 N–H and O–H groups in total. The van der Waals surface area contributed by atoms with E-state index in [1.807, 2.05) is 20.8 Å². The highest BCUT2D eigenvalue weighted by atomic mass is 127. The van der Waals surface area contributed by atoms with Crippen molar-refractivity contribution >= 4 is 35.8 Å². The van der Waals surface area contributed by atoms with E-state index in [4.69, 9.17) is 0 Å². The van der Waals surface area contributed by atoms with E-state index >= 15 is 0 Å². The lowest BCUT2D eigenvalue weighted by atomic mass is 9.92. The van der Waals surface area contributed by atoms with Gasteiger partial charge >= 0.3 is 0 Å². The minimum absolute atomic E-state index is 0. The van der Waals surface area contributed by atoms with Crippen LogP contribution in [0.2, 0.25) is 0 Å². The molecule has 154 valence electrons. The number of guanidine groups is 1. The van der Waals surface area contributed by atoms with E-state index in [2.05, 4.69) is 39.7 Å². The highest BCUT2D eigenvalue weighted by molar-refractivity contribution is 14.0. The molecule has 1 aliphatic rings. The Morgan fingerprint density at radius 3 is 2.46 bits per heavy atom. The topological polar surface area (TPSA) is 68.8 Å². The molecule has 26 heavy (non-hydrogen) atoms. The molecule has 1 rings (SSSR count). The lowest BCUT2D eigenvalue weighted by Gasteiger charge is -2.33. The van der Waals surface area contributed by atoms with Crippen molar-refractivity contribution in [1.82, 2.24) is 20.9 Å². The SMILES string of the molecule is CCNC(=O)C(C)(C)CN=C(NCC)NCCCN1CCCCC1C.I. The summed E-state index contributed by atoms with van der Waals surface area (Å²) >= 11 is 0. The fourth-order valence-corrected chi connectivity index (χ4v) is 3.07. The normalized spacial score (nSPS) is 18.8. The molecule has 0 aromatic rings. The number of aliphatic imine (C=N–C) groups is 1. The Balaban J connectivity index is 0.00000625. The number of carbonyl (C=O) groups excluding carboxylic acids is 1. The Hall–Kier alpha value is -0.570. The van der Waals surface area contributed by atoms with Gasteiger partial charge < -0.3 is 20.9 Å². The van der Waals surface area contributed by atoms with Crippen LogP contribution in [0.5, 0.6) is 0 Å². The molecule has 1 fully saturated rings. The predicted octanol–water partition coefficient (Wildman–Crippen LogP) is 2.59. The third kappa shape index (κ3) is 9.39. The van der Waals surface area contributed by atoms with Crippen molar-refractivity contribution in [2.75, 3.05) is 39.3 Å². The molecule has 0 spiro atoms. The van der Waals surface area contributed by atoms with Crippen molar-refractivity contribution in [2.24, 2.45) is 10.4 Å². The fraction of sp³-hybridized carbons (Fsp3) is 0.895. The predicted molar refractivity (Wildman–Crippen MR) is 121 cm³/mol. The zero-order valence-corrected chi connectivity index (χ0v) is 19.7. The van der Waals surface area contributed by atoms with Gasteiger partial charge in [-0.15, -0.1) is 24.0 Å². The maximum Gasteiger partial charge on any atom is 0.227 e. The number of amides is 1. The highest BCUT2D eigenvalue weighted by Gasteiger charge is 2.26. The lowest BCUT2D eigenvalue weighted by Crippen LogP contribution is -2.43. The van der Waals surface area contributed by atoms with Crippen LogP contribution >= 0.6 is 24.0 Å². The number of halogens is 1.